The maximum Gasteiger partial charge on any atom is 0.278 e. The van der Waals surface area contributed by atoms with E-state index >= 15 is 0 Å². The van der Waals surface area contributed by atoms with Crippen LogP contribution in [-0.2, 0) is 24.3 Å². The molecule has 1 aliphatic heterocycles. The number of carbonyl (C=O) groups excluding carboxylic acids is 2. The molecule has 0 bridgehead atoms. The van der Waals surface area contributed by atoms with Gasteiger partial charge in [-0.05, 0) is 41.8 Å². The standard InChI is InChI=1S/C23H29N3O4/c1-24-23(28)17-7-5-16(6-8-17)13-25(2)15-22(27)26-10-9-18-11-20(29-3)21(30-4)12-19(18)14-26/h5-8,11-12H,9-10,13-15H2,1-4H3,(H,24,28)/p+1. The van der Waals surface area contributed by atoms with Crippen molar-refractivity contribution >= 4 is 11.8 Å². The lowest BCUT2D eigenvalue weighted by Gasteiger charge is -2.30. The van der Waals surface area contributed by atoms with Crippen LogP contribution in [0.4, 0.5) is 0 Å². The van der Waals surface area contributed by atoms with E-state index in [1.54, 1.807) is 21.3 Å². The Morgan fingerprint density at radius 2 is 1.70 bits per heavy atom. The summed E-state index contributed by atoms with van der Waals surface area (Å²) >= 11 is 0. The van der Waals surface area contributed by atoms with Crippen LogP contribution in [0.2, 0.25) is 0 Å². The van der Waals surface area contributed by atoms with Crippen molar-refractivity contribution in [1.29, 1.82) is 0 Å². The Balaban J connectivity index is 1.59. The number of quaternary nitrogens is 1. The first kappa shape index (κ1) is 21.6. The molecule has 2 aromatic rings. The van der Waals surface area contributed by atoms with Crippen LogP contribution in [0, 0.1) is 0 Å². The van der Waals surface area contributed by atoms with E-state index < -0.39 is 0 Å². The number of carbonyl (C=O) groups is 2. The van der Waals surface area contributed by atoms with Gasteiger partial charge in [-0.3, -0.25) is 9.59 Å². The van der Waals surface area contributed by atoms with E-state index in [-0.39, 0.29) is 11.8 Å². The van der Waals surface area contributed by atoms with Crippen molar-refractivity contribution in [3.05, 3.63) is 58.7 Å². The van der Waals surface area contributed by atoms with Crippen molar-refractivity contribution in [2.75, 3.05) is 41.4 Å². The quantitative estimate of drug-likeness (QED) is 0.701. The number of ether oxygens (including phenoxy) is 2. The minimum Gasteiger partial charge on any atom is -0.493 e. The first-order valence-electron chi connectivity index (χ1n) is 10.1. The highest BCUT2D eigenvalue weighted by atomic mass is 16.5. The average Bonchev–Trinajstić information content (AvgIpc) is 2.77. The molecular weight excluding hydrogens is 382 g/mol. The Kier molecular flexibility index (Phi) is 6.95. The zero-order valence-corrected chi connectivity index (χ0v) is 18.1. The molecule has 30 heavy (non-hydrogen) atoms. The molecule has 1 aliphatic rings. The number of benzene rings is 2. The Morgan fingerprint density at radius 3 is 2.30 bits per heavy atom. The van der Waals surface area contributed by atoms with Crippen molar-refractivity contribution < 1.29 is 24.0 Å². The van der Waals surface area contributed by atoms with Crippen molar-refractivity contribution in [3.8, 4) is 11.5 Å². The molecule has 0 spiro atoms. The van der Waals surface area contributed by atoms with E-state index in [2.05, 4.69) is 5.32 Å². The summed E-state index contributed by atoms with van der Waals surface area (Å²) in [5, 5.41) is 2.62. The van der Waals surface area contributed by atoms with E-state index in [1.807, 2.05) is 48.3 Å². The number of likely N-dealkylation sites (N-methyl/N-ethyl adjacent to an activating group) is 1. The summed E-state index contributed by atoms with van der Waals surface area (Å²) in [6.07, 6.45) is 0.807. The molecule has 0 aliphatic carbocycles. The predicted octanol–water partition coefficient (Wildman–Crippen LogP) is 0.663. The van der Waals surface area contributed by atoms with Gasteiger partial charge < -0.3 is 24.6 Å². The summed E-state index contributed by atoms with van der Waals surface area (Å²) in [5.74, 6) is 1.45. The van der Waals surface area contributed by atoms with E-state index in [4.69, 9.17) is 9.47 Å². The zero-order chi connectivity index (χ0) is 21.7. The van der Waals surface area contributed by atoms with Gasteiger partial charge in [-0.15, -0.1) is 0 Å². The van der Waals surface area contributed by atoms with Gasteiger partial charge in [-0.1, -0.05) is 12.1 Å². The first-order chi connectivity index (χ1) is 14.4. The summed E-state index contributed by atoms with van der Waals surface area (Å²) < 4.78 is 10.8. The van der Waals surface area contributed by atoms with Gasteiger partial charge in [0.05, 0.1) is 21.3 Å². The molecule has 2 amide bonds. The lowest BCUT2D eigenvalue weighted by atomic mass is 9.98. The van der Waals surface area contributed by atoms with Crippen LogP contribution in [0.5, 0.6) is 11.5 Å². The third kappa shape index (κ3) is 4.91. The van der Waals surface area contributed by atoms with Gasteiger partial charge in [0, 0.05) is 31.3 Å². The highest BCUT2D eigenvalue weighted by molar-refractivity contribution is 5.93. The summed E-state index contributed by atoms with van der Waals surface area (Å²) in [6.45, 7) is 2.42. The predicted molar refractivity (Wildman–Crippen MR) is 114 cm³/mol. The second-order valence-corrected chi connectivity index (χ2v) is 7.63. The van der Waals surface area contributed by atoms with Gasteiger partial charge >= 0.3 is 0 Å². The van der Waals surface area contributed by atoms with E-state index in [0.717, 1.165) is 34.7 Å². The molecule has 1 heterocycles. The average molecular weight is 413 g/mol. The summed E-state index contributed by atoms with van der Waals surface area (Å²) in [7, 11) is 6.88. The number of hydrogen-bond acceptors (Lipinski definition) is 4. The fraction of sp³-hybridized carbons (Fsp3) is 0.391. The second-order valence-electron chi connectivity index (χ2n) is 7.63. The minimum absolute atomic E-state index is 0.0999. The van der Waals surface area contributed by atoms with Crippen LogP contribution in [0.25, 0.3) is 0 Å². The molecule has 0 radical (unpaired) electrons. The second kappa shape index (κ2) is 9.63. The summed E-state index contributed by atoms with van der Waals surface area (Å²) in [4.78, 5) is 27.5. The number of nitrogens with one attached hydrogen (secondary N) is 2. The van der Waals surface area contributed by atoms with Crippen molar-refractivity contribution in [1.82, 2.24) is 10.2 Å². The Hall–Kier alpha value is -3.06. The minimum atomic E-state index is -0.0999. The maximum absolute atomic E-state index is 12.9. The number of nitrogens with zero attached hydrogens (tertiary/aromatic N) is 1. The van der Waals surface area contributed by atoms with Crippen molar-refractivity contribution in [3.63, 3.8) is 0 Å². The normalized spacial score (nSPS) is 13.9. The molecule has 1 atom stereocenters. The van der Waals surface area contributed by atoms with Crippen molar-refractivity contribution in [2.24, 2.45) is 0 Å². The van der Waals surface area contributed by atoms with Crippen LogP contribution in [0.1, 0.15) is 27.0 Å². The number of rotatable bonds is 7. The van der Waals surface area contributed by atoms with Crippen LogP contribution < -0.4 is 19.7 Å². The third-order valence-electron chi connectivity index (χ3n) is 5.47. The van der Waals surface area contributed by atoms with E-state index in [1.165, 1.54) is 5.56 Å². The fourth-order valence-corrected chi connectivity index (χ4v) is 3.80. The largest absolute Gasteiger partial charge is 0.493 e. The molecular formula is C23H30N3O4+. The molecule has 7 heteroatoms. The molecule has 0 aromatic heterocycles. The molecule has 0 saturated heterocycles. The van der Waals surface area contributed by atoms with Crippen LogP contribution in [0.15, 0.2) is 36.4 Å². The van der Waals surface area contributed by atoms with Crippen LogP contribution in [0.3, 0.4) is 0 Å². The zero-order valence-electron chi connectivity index (χ0n) is 18.1. The molecule has 2 aromatic carbocycles. The highest BCUT2D eigenvalue weighted by Gasteiger charge is 2.24. The molecule has 1 unspecified atom stereocenters. The van der Waals surface area contributed by atoms with Gasteiger partial charge in [0.1, 0.15) is 6.54 Å². The van der Waals surface area contributed by atoms with Gasteiger partial charge in [0.15, 0.2) is 18.0 Å². The van der Waals surface area contributed by atoms with Gasteiger partial charge in [-0.2, -0.15) is 0 Å². The molecule has 7 nitrogen and oxygen atoms in total. The topological polar surface area (TPSA) is 72.3 Å². The summed E-state index contributed by atoms with van der Waals surface area (Å²) in [5.41, 5.74) is 4.03. The molecule has 160 valence electrons. The Labute approximate surface area is 177 Å². The molecule has 0 saturated carbocycles. The number of amides is 2. The van der Waals surface area contributed by atoms with Gasteiger partial charge in [0.2, 0.25) is 0 Å². The van der Waals surface area contributed by atoms with Gasteiger partial charge in [0.25, 0.3) is 11.8 Å². The smallest absolute Gasteiger partial charge is 0.278 e. The molecule has 2 N–H and O–H groups in total. The maximum atomic E-state index is 12.9. The van der Waals surface area contributed by atoms with Crippen molar-refractivity contribution in [2.45, 2.75) is 19.5 Å². The molecule has 3 rings (SSSR count). The van der Waals surface area contributed by atoms with E-state index in [9.17, 15) is 9.59 Å². The number of hydrogen-bond donors (Lipinski definition) is 2. The SMILES string of the molecule is CNC(=O)c1ccc(C[NH+](C)CC(=O)N2CCc3cc(OC)c(OC)cc3C2)cc1. The lowest BCUT2D eigenvalue weighted by Crippen LogP contribution is -3.08. The van der Waals surface area contributed by atoms with Gasteiger partial charge in [-0.25, -0.2) is 0 Å². The Bertz CT molecular complexity index is 911. The van der Waals surface area contributed by atoms with Crippen LogP contribution in [-0.4, -0.2) is 58.1 Å². The first-order valence-corrected chi connectivity index (χ1v) is 10.1. The van der Waals surface area contributed by atoms with E-state index in [0.29, 0.717) is 30.9 Å². The molecule has 0 fully saturated rings. The highest BCUT2D eigenvalue weighted by Crippen LogP contribution is 2.33. The number of methoxy groups -OCH3 is 2. The number of fused-ring (bicyclic) bond motifs is 1. The van der Waals surface area contributed by atoms with Crippen LogP contribution >= 0.6 is 0 Å². The fourth-order valence-electron chi connectivity index (χ4n) is 3.80. The lowest BCUT2D eigenvalue weighted by molar-refractivity contribution is -0.885. The summed E-state index contributed by atoms with van der Waals surface area (Å²) in [6, 6.07) is 11.5. The third-order valence-corrected chi connectivity index (χ3v) is 5.47. The monoisotopic (exact) mass is 412 g/mol. The Morgan fingerprint density at radius 1 is 1.07 bits per heavy atom.